The highest BCUT2D eigenvalue weighted by atomic mass is 19.1. The molecule has 8 heteroatoms. The monoisotopic (exact) mass is 387 g/mol. The molecule has 0 fully saturated rings. The van der Waals surface area contributed by atoms with Gasteiger partial charge in [-0.2, -0.15) is 5.10 Å². The first-order valence-electron chi connectivity index (χ1n) is 8.90. The maximum atomic E-state index is 13.5. The summed E-state index contributed by atoms with van der Waals surface area (Å²) in [6, 6.07) is 15.3. The van der Waals surface area contributed by atoms with E-state index in [1.807, 2.05) is 37.3 Å². The van der Waals surface area contributed by atoms with Gasteiger partial charge in [-0.3, -0.25) is 14.8 Å². The van der Waals surface area contributed by atoms with Gasteiger partial charge < -0.3 is 0 Å². The van der Waals surface area contributed by atoms with Gasteiger partial charge in [0, 0.05) is 5.56 Å². The molecule has 0 saturated heterocycles. The second-order valence-electron chi connectivity index (χ2n) is 6.66. The Kier molecular flexibility index (Phi) is 3.67. The summed E-state index contributed by atoms with van der Waals surface area (Å²) in [6.45, 7) is 1.82. The third kappa shape index (κ3) is 2.65. The summed E-state index contributed by atoms with van der Waals surface area (Å²) >= 11 is 0. The maximum Gasteiger partial charge on any atom is 0.327 e. The number of para-hydroxylation sites is 1. The Morgan fingerprint density at radius 1 is 0.931 bits per heavy atom. The number of pyridine rings is 1. The van der Waals surface area contributed by atoms with Gasteiger partial charge in [-0.15, -0.1) is 0 Å². The Bertz CT molecular complexity index is 1500. The molecule has 0 aliphatic carbocycles. The van der Waals surface area contributed by atoms with E-state index in [1.165, 1.54) is 12.1 Å². The van der Waals surface area contributed by atoms with Gasteiger partial charge in [0.15, 0.2) is 5.65 Å². The summed E-state index contributed by atoms with van der Waals surface area (Å²) in [5, 5.41) is 5.49. The Morgan fingerprint density at radius 3 is 2.38 bits per heavy atom. The van der Waals surface area contributed by atoms with E-state index in [0.29, 0.717) is 27.9 Å². The molecule has 0 radical (unpaired) electrons. The molecule has 2 N–H and O–H groups in total. The lowest BCUT2D eigenvalue weighted by molar-refractivity contribution is 0.628. The van der Waals surface area contributed by atoms with Crippen LogP contribution in [0.4, 0.5) is 4.39 Å². The number of aromatic nitrogens is 5. The molecule has 0 unspecified atom stereocenters. The number of aromatic amines is 2. The molecule has 3 heterocycles. The standard InChI is InChI=1S/C21H14FN5O2/c1-11-15-16(12-7-9-13(22)10-8-12)17-18(24-21(29)25-20(17)28)23-19(15)27(26-11)14-5-3-2-4-6-14/h2-10H,1H3,(H2,23,24,25,28,29). The molecule has 142 valence electrons. The van der Waals surface area contributed by atoms with Crippen LogP contribution in [0.3, 0.4) is 0 Å². The van der Waals surface area contributed by atoms with Crippen molar-refractivity contribution in [3.05, 3.63) is 86.9 Å². The van der Waals surface area contributed by atoms with Crippen molar-refractivity contribution in [2.24, 2.45) is 0 Å². The molecular weight excluding hydrogens is 373 g/mol. The zero-order chi connectivity index (χ0) is 20.1. The van der Waals surface area contributed by atoms with Crippen molar-refractivity contribution >= 4 is 22.1 Å². The lowest BCUT2D eigenvalue weighted by atomic mass is 9.99. The van der Waals surface area contributed by atoms with Crippen molar-refractivity contribution in [3.8, 4) is 16.8 Å². The number of H-pyrrole nitrogens is 2. The van der Waals surface area contributed by atoms with Crippen LogP contribution in [0.25, 0.3) is 38.9 Å². The molecule has 0 bridgehead atoms. The normalized spacial score (nSPS) is 11.4. The smallest absolute Gasteiger partial charge is 0.291 e. The number of nitrogens with one attached hydrogen (secondary N) is 2. The van der Waals surface area contributed by atoms with E-state index in [1.54, 1.807) is 16.8 Å². The molecule has 0 aliphatic rings. The van der Waals surface area contributed by atoms with Crippen molar-refractivity contribution in [2.45, 2.75) is 6.92 Å². The summed E-state index contributed by atoms with van der Waals surface area (Å²) < 4.78 is 15.2. The minimum absolute atomic E-state index is 0.141. The number of aryl methyl sites for hydroxylation is 1. The van der Waals surface area contributed by atoms with Gasteiger partial charge >= 0.3 is 5.69 Å². The molecule has 3 aromatic heterocycles. The second-order valence-corrected chi connectivity index (χ2v) is 6.66. The number of halogens is 1. The van der Waals surface area contributed by atoms with Crippen LogP contribution in [0.1, 0.15) is 5.69 Å². The van der Waals surface area contributed by atoms with Gasteiger partial charge in [-0.05, 0) is 36.8 Å². The van der Waals surface area contributed by atoms with Gasteiger partial charge in [0.2, 0.25) is 0 Å². The molecular formula is C21H14FN5O2. The summed E-state index contributed by atoms with van der Waals surface area (Å²) in [6.07, 6.45) is 0. The maximum absolute atomic E-state index is 13.5. The highest BCUT2D eigenvalue weighted by Crippen LogP contribution is 2.35. The second kappa shape index (κ2) is 6.23. The number of benzene rings is 2. The third-order valence-corrected chi connectivity index (χ3v) is 4.81. The molecule has 0 aliphatic heterocycles. The molecule has 2 aromatic carbocycles. The minimum atomic E-state index is -0.651. The SMILES string of the molecule is Cc1nn(-c2ccccc2)c2nc3[nH]c(=O)[nH]c(=O)c3c(-c3ccc(F)cc3)c12. The van der Waals surface area contributed by atoms with Gasteiger partial charge in [0.25, 0.3) is 5.56 Å². The fourth-order valence-electron chi connectivity index (χ4n) is 3.59. The van der Waals surface area contributed by atoms with Gasteiger partial charge in [0.1, 0.15) is 11.5 Å². The Morgan fingerprint density at radius 2 is 1.66 bits per heavy atom. The fraction of sp³-hybridized carbons (Fsp3) is 0.0476. The van der Waals surface area contributed by atoms with E-state index in [4.69, 9.17) is 0 Å². The molecule has 5 rings (SSSR count). The first kappa shape index (κ1) is 17.1. The molecule has 0 amide bonds. The van der Waals surface area contributed by atoms with Crippen molar-refractivity contribution in [1.82, 2.24) is 24.7 Å². The van der Waals surface area contributed by atoms with E-state index in [-0.39, 0.29) is 16.9 Å². The van der Waals surface area contributed by atoms with E-state index in [2.05, 4.69) is 20.1 Å². The molecule has 0 saturated carbocycles. The highest BCUT2D eigenvalue weighted by molar-refractivity contribution is 6.08. The van der Waals surface area contributed by atoms with E-state index in [0.717, 1.165) is 5.69 Å². The van der Waals surface area contributed by atoms with Crippen LogP contribution in [0.5, 0.6) is 0 Å². The van der Waals surface area contributed by atoms with Crippen LogP contribution in [0.15, 0.2) is 64.2 Å². The number of hydrogen-bond donors (Lipinski definition) is 2. The quantitative estimate of drug-likeness (QED) is 0.487. The van der Waals surface area contributed by atoms with Gasteiger partial charge in [0.05, 0.1) is 22.2 Å². The lowest BCUT2D eigenvalue weighted by Gasteiger charge is -2.09. The summed E-state index contributed by atoms with van der Waals surface area (Å²) in [4.78, 5) is 33.9. The average Bonchev–Trinajstić information content (AvgIpc) is 3.04. The van der Waals surface area contributed by atoms with Crippen LogP contribution < -0.4 is 11.2 Å². The predicted octanol–water partition coefficient (Wildman–Crippen LogP) is 3.06. The fourth-order valence-corrected chi connectivity index (χ4v) is 3.59. The van der Waals surface area contributed by atoms with Crippen molar-refractivity contribution in [2.75, 3.05) is 0 Å². The number of nitrogens with zero attached hydrogens (tertiary/aromatic N) is 3. The zero-order valence-corrected chi connectivity index (χ0v) is 15.2. The average molecular weight is 387 g/mol. The molecule has 0 spiro atoms. The zero-order valence-electron chi connectivity index (χ0n) is 15.2. The van der Waals surface area contributed by atoms with Crippen LogP contribution in [-0.4, -0.2) is 24.7 Å². The third-order valence-electron chi connectivity index (χ3n) is 4.81. The summed E-state index contributed by atoms with van der Waals surface area (Å²) in [5.41, 5.74) is 2.02. The Hall–Kier alpha value is -4.07. The largest absolute Gasteiger partial charge is 0.327 e. The van der Waals surface area contributed by atoms with Crippen molar-refractivity contribution in [3.63, 3.8) is 0 Å². The van der Waals surface area contributed by atoms with E-state index in [9.17, 15) is 14.0 Å². The Labute approximate surface area is 162 Å². The van der Waals surface area contributed by atoms with E-state index >= 15 is 0 Å². The first-order chi connectivity index (χ1) is 14.0. The van der Waals surface area contributed by atoms with E-state index < -0.39 is 11.2 Å². The Balaban J connectivity index is 2.01. The molecule has 5 aromatic rings. The van der Waals surface area contributed by atoms with Crippen LogP contribution in [0, 0.1) is 12.7 Å². The van der Waals surface area contributed by atoms with Crippen LogP contribution in [0.2, 0.25) is 0 Å². The minimum Gasteiger partial charge on any atom is -0.291 e. The first-order valence-corrected chi connectivity index (χ1v) is 8.90. The summed E-state index contributed by atoms with van der Waals surface area (Å²) in [5.74, 6) is -0.387. The molecule has 29 heavy (non-hydrogen) atoms. The van der Waals surface area contributed by atoms with Crippen LogP contribution >= 0.6 is 0 Å². The topological polar surface area (TPSA) is 96.4 Å². The van der Waals surface area contributed by atoms with Gasteiger partial charge in [-0.1, -0.05) is 30.3 Å². The van der Waals surface area contributed by atoms with Gasteiger partial charge in [-0.25, -0.2) is 18.9 Å². The molecule has 0 atom stereocenters. The summed E-state index contributed by atoms with van der Waals surface area (Å²) in [7, 11) is 0. The van der Waals surface area contributed by atoms with Crippen molar-refractivity contribution < 1.29 is 4.39 Å². The predicted molar refractivity (Wildman–Crippen MR) is 108 cm³/mol. The lowest BCUT2D eigenvalue weighted by Crippen LogP contribution is -2.23. The number of rotatable bonds is 2. The highest BCUT2D eigenvalue weighted by Gasteiger charge is 2.21. The number of hydrogen-bond acceptors (Lipinski definition) is 4. The molecule has 7 nitrogen and oxygen atoms in total. The number of fused-ring (bicyclic) bond motifs is 2. The van der Waals surface area contributed by atoms with Crippen LogP contribution in [-0.2, 0) is 0 Å². The van der Waals surface area contributed by atoms with Crippen molar-refractivity contribution in [1.29, 1.82) is 0 Å².